The van der Waals surface area contributed by atoms with E-state index in [1.807, 2.05) is 4.68 Å². The topological polar surface area (TPSA) is 39.1 Å². The molecule has 0 atom stereocenters. The molecule has 0 aliphatic carbocycles. The molecule has 0 aliphatic rings. The van der Waals surface area contributed by atoms with Crippen molar-refractivity contribution < 1.29 is 4.74 Å². The normalized spacial score (nSPS) is 11.4. The molecule has 1 heterocycles. The molecule has 0 spiro atoms. The Morgan fingerprint density at radius 2 is 2.17 bits per heavy atom. The largest absolute Gasteiger partial charge is 0.380 e. The zero-order valence-corrected chi connectivity index (χ0v) is 12.2. The molecule has 0 amide bonds. The van der Waals surface area contributed by atoms with Gasteiger partial charge in [0.1, 0.15) is 0 Å². The molecule has 4 nitrogen and oxygen atoms in total. The molecule has 18 heavy (non-hydrogen) atoms. The Labute approximate surface area is 111 Å². The van der Waals surface area contributed by atoms with Gasteiger partial charge in [-0.1, -0.05) is 20.8 Å². The smallest absolute Gasteiger partial charge is 0.0662 e. The van der Waals surface area contributed by atoms with Gasteiger partial charge < -0.3 is 10.1 Å². The van der Waals surface area contributed by atoms with Crippen LogP contribution in [0.4, 0.5) is 0 Å². The minimum atomic E-state index is 0.683. The summed E-state index contributed by atoms with van der Waals surface area (Å²) < 4.78 is 7.46. The van der Waals surface area contributed by atoms with Crippen LogP contribution in [0.25, 0.3) is 0 Å². The van der Waals surface area contributed by atoms with Crippen molar-refractivity contribution >= 4 is 0 Å². The molecule has 0 saturated carbocycles. The van der Waals surface area contributed by atoms with E-state index < -0.39 is 0 Å². The molecular formula is C14H27N3O. The van der Waals surface area contributed by atoms with Crippen LogP contribution in [0.5, 0.6) is 0 Å². The molecule has 1 aromatic heterocycles. The van der Waals surface area contributed by atoms with E-state index >= 15 is 0 Å². The fraction of sp³-hybridized carbons (Fsp3) is 0.786. The van der Waals surface area contributed by atoms with Crippen LogP contribution in [0, 0.1) is 12.8 Å². The molecule has 0 unspecified atom stereocenters. The molecular weight excluding hydrogens is 226 g/mol. The lowest BCUT2D eigenvalue weighted by atomic mass is 10.2. The molecule has 104 valence electrons. The van der Waals surface area contributed by atoms with Gasteiger partial charge in [0.25, 0.3) is 0 Å². The molecule has 0 bridgehead atoms. The number of nitrogens with one attached hydrogen (secondary N) is 1. The van der Waals surface area contributed by atoms with Crippen molar-refractivity contribution in [3.63, 3.8) is 0 Å². The van der Waals surface area contributed by atoms with E-state index in [1.54, 1.807) is 0 Å². The number of aromatic nitrogens is 2. The SMILES string of the molecule is CCCOCCn1cc(CNCC(C)C)c(C)n1. The molecule has 1 rings (SSSR count). The summed E-state index contributed by atoms with van der Waals surface area (Å²) in [7, 11) is 0. The van der Waals surface area contributed by atoms with E-state index in [2.05, 4.69) is 44.3 Å². The molecule has 0 saturated heterocycles. The Morgan fingerprint density at radius 1 is 1.39 bits per heavy atom. The van der Waals surface area contributed by atoms with Crippen molar-refractivity contribution in [2.75, 3.05) is 19.8 Å². The second kappa shape index (κ2) is 8.27. The van der Waals surface area contributed by atoms with Crippen LogP contribution in [0.15, 0.2) is 6.20 Å². The van der Waals surface area contributed by atoms with E-state index in [0.29, 0.717) is 5.92 Å². The van der Waals surface area contributed by atoms with E-state index in [0.717, 1.165) is 45.0 Å². The Balaban J connectivity index is 2.33. The lowest BCUT2D eigenvalue weighted by molar-refractivity contribution is 0.124. The first-order valence-electron chi connectivity index (χ1n) is 6.94. The zero-order chi connectivity index (χ0) is 13.4. The lowest BCUT2D eigenvalue weighted by Crippen LogP contribution is -2.19. The van der Waals surface area contributed by atoms with Gasteiger partial charge in [-0.2, -0.15) is 5.10 Å². The van der Waals surface area contributed by atoms with Gasteiger partial charge in [-0.25, -0.2) is 0 Å². The summed E-state index contributed by atoms with van der Waals surface area (Å²) >= 11 is 0. The summed E-state index contributed by atoms with van der Waals surface area (Å²) in [5.41, 5.74) is 2.40. The molecule has 0 fully saturated rings. The second-order valence-electron chi connectivity index (χ2n) is 5.14. The highest BCUT2D eigenvalue weighted by molar-refractivity contribution is 5.14. The maximum absolute atomic E-state index is 5.47. The first-order valence-corrected chi connectivity index (χ1v) is 6.94. The Bertz CT molecular complexity index is 334. The third-order valence-electron chi connectivity index (χ3n) is 2.73. The highest BCUT2D eigenvalue weighted by Crippen LogP contribution is 2.05. The average Bonchev–Trinajstić information content (AvgIpc) is 2.65. The molecule has 0 aromatic carbocycles. The molecule has 1 aromatic rings. The number of hydrogen-bond donors (Lipinski definition) is 1. The van der Waals surface area contributed by atoms with Crippen LogP contribution in [0.1, 0.15) is 38.4 Å². The van der Waals surface area contributed by atoms with Gasteiger partial charge in [0.2, 0.25) is 0 Å². The number of ether oxygens (including phenoxy) is 1. The number of nitrogens with zero attached hydrogens (tertiary/aromatic N) is 2. The third-order valence-corrected chi connectivity index (χ3v) is 2.73. The maximum atomic E-state index is 5.47. The van der Waals surface area contributed by atoms with Gasteiger partial charge in [0, 0.05) is 24.9 Å². The van der Waals surface area contributed by atoms with Gasteiger partial charge in [0.15, 0.2) is 0 Å². The predicted octanol–water partition coefficient (Wildman–Crippen LogP) is 2.36. The van der Waals surface area contributed by atoms with Crippen LogP contribution in [-0.2, 0) is 17.8 Å². The van der Waals surface area contributed by atoms with Crippen LogP contribution in [-0.4, -0.2) is 29.5 Å². The number of rotatable bonds is 9. The van der Waals surface area contributed by atoms with Gasteiger partial charge in [-0.05, 0) is 25.8 Å². The highest BCUT2D eigenvalue weighted by atomic mass is 16.5. The van der Waals surface area contributed by atoms with Crippen LogP contribution >= 0.6 is 0 Å². The monoisotopic (exact) mass is 253 g/mol. The van der Waals surface area contributed by atoms with Crippen molar-refractivity contribution in [3.8, 4) is 0 Å². The minimum Gasteiger partial charge on any atom is -0.380 e. The van der Waals surface area contributed by atoms with Crippen molar-refractivity contribution in [1.82, 2.24) is 15.1 Å². The molecule has 4 heteroatoms. The highest BCUT2D eigenvalue weighted by Gasteiger charge is 2.04. The molecule has 0 radical (unpaired) electrons. The summed E-state index contributed by atoms with van der Waals surface area (Å²) in [6, 6.07) is 0. The summed E-state index contributed by atoms with van der Waals surface area (Å²) in [5, 5.41) is 7.95. The first-order chi connectivity index (χ1) is 8.63. The Morgan fingerprint density at radius 3 is 2.83 bits per heavy atom. The Kier molecular flexibility index (Phi) is 6.98. The van der Waals surface area contributed by atoms with E-state index in [1.165, 1.54) is 5.56 Å². The number of aryl methyl sites for hydroxylation is 1. The second-order valence-corrected chi connectivity index (χ2v) is 5.14. The van der Waals surface area contributed by atoms with Gasteiger partial charge >= 0.3 is 0 Å². The van der Waals surface area contributed by atoms with Crippen LogP contribution in [0.2, 0.25) is 0 Å². The number of hydrogen-bond acceptors (Lipinski definition) is 3. The maximum Gasteiger partial charge on any atom is 0.0662 e. The van der Waals surface area contributed by atoms with Crippen molar-refractivity contribution in [3.05, 3.63) is 17.5 Å². The standard InChI is InChI=1S/C14H27N3O/c1-5-7-18-8-6-17-11-14(13(4)16-17)10-15-9-12(2)3/h11-12,15H,5-10H2,1-4H3. The first kappa shape index (κ1) is 15.2. The van der Waals surface area contributed by atoms with E-state index in [-0.39, 0.29) is 0 Å². The lowest BCUT2D eigenvalue weighted by Gasteiger charge is -2.06. The van der Waals surface area contributed by atoms with Gasteiger partial charge in [-0.15, -0.1) is 0 Å². The summed E-state index contributed by atoms with van der Waals surface area (Å²) in [6.45, 7) is 13.0. The predicted molar refractivity (Wildman–Crippen MR) is 74.6 cm³/mol. The zero-order valence-electron chi connectivity index (χ0n) is 12.2. The molecule has 0 aliphatic heterocycles. The molecule has 1 N–H and O–H groups in total. The third kappa shape index (κ3) is 5.65. The van der Waals surface area contributed by atoms with Gasteiger partial charge in [-0.3, -0.25) is 4.68 Å². The summed E-state index contributed by atoms with van der Waals surface area (Å²) in [6.07, 6.45) is 3.19. The Hall–Kier alpha value is -0.870. The van der Waals surface area contributed by atoms with E-state index in [4.69, 9.17) is 4.74 Å². The van der Waals surface area contributed by atoms with Crippen LogP contribution in [0.3, 0.4) is 0 Å². The minimum absolute atomic E-state index is 0.683. The summed E-state index contributed by atoms with van der Waals surface area (Å²) in [4.78, 5) is 0. The average molecular weight is 253 g/mol. The van der Waals surface area contributed by atoms with Crippen molar-refractivity contribution in [1.29, 1.82) is 0 Å². The van der Waals surface area contributed by atoms with E-state index in [9.17, 15) is 0 Å². The van der Waals surface area contributed by atoms with Crippen LogP contribution < -0.4 is 5.32 Å². The van der Waals surface area contributed by atoms with Crippen molar-refractivity contribution in [2.45, 2.75) is 47.2 Å². The fourth-order valence-corrected chi connectivity index (χ4v) is 1.75. The fourth-order valence-electron chi connectivity index (χ4n) is 1.75. The van der Waals surface area contributed by atoms with Crippen molar-refractivity contribution in [2.24, 2.45) is 5.92 Å². The van der Waals surface area contributed by atoms with Gasteiger partial charge in [0.05, 0.1) is 18.8 Å². The summed E-state index contributed by atoms with van der Waals surface area (Å²) in [5.74, 6) is 0.683. The quantitative estimate of drug-likeness (QED) is 0.687.